The number of fused-ring (bicyclic) bond motifs is 6. The van der Waals surface area contributed by atoms with Gasteiger partial charge in [0.25, 0.3) is 0 Å². The van der Waals surface area contributed by atoms with Crippen molar-refractivity contribution in [1.82, 2.24) is 0 Å². The molecule has 270 valence electrons. The Balaban J connectivity index is 0.989. The monoisotopic (exact) mass is 720 g/mol. The van der Waals surface area contributed by atoms with Gasteiger partial charge in [-0.15, -0.1) is 0 Å². The van der Waals surface area contributed by atoms with Crippen molar-refractivity contribution in [2.75, 3.05) is 9.80 Å². The van der Waals surface area contributed by atoms with Crippen molar-refractivity contribution in [2.45, 2.75) is 38.5 Å². The number of rotatable bonds is 6. The number of anilines is 6. The first kappa shape index (κ1) is 33.9. The molecule has 0 atom stereocenters. The Labute approximate surface area is 330 Å². The van der Waals surface area contributed by atoms with E-state index in [-0.39, 0.29) is 10.8 Å². The van der Waals surface area contributed by atoms with Crippen molar-refractivity contribution in [1.29, 1.82) is 0 Å². The molecule has 0 unspecified atom stereocenters. The maximum Gasteiger partial charge on any atom is 0.0503 e. The molecule has 2 heteroatoms. The Morgan fingerprint density at radius 1 is 0.393 bits per heavy atom. The molecule has 10 rings (SSSR count). The van der Waals surface area contributed by atoms with E-state index in [9.17, 15) is 0 Å². The lowest BCUT2D eigenvalue weighted by Crippen LogP contribution is -2.30. The lowest BCUT2D eigenvalue weighted by atomic mass is 9.73. The average molecular weight is 721 g/mol. The van der Waals surface area contributed by atoms with E-state index in [0.29, 0.717) is 0 Å². The molecular formula is C54H44N2. The van der Waals surface area contributed by atoms with Crippen LogP contribution >= 0.6 is 0 Å². The molecular weight excluding hydrogens is 677 g/mol. The summed E-state index contributed by atoms with van der Waals surface area (Å²) in [4.78, 5) is 4.80. The van der Waals surface area contributed by atoms with Crippen molar-refractivity contribution in [3.05, 3.63) is 215 Å². The molecule has 1 aliphatic heterocycles. The molecule has 0 radical (unpaired) electrons. The SMILES string of the molecule is CC1(C)c2cc(/C=C/c3ccc4c(c3)C(C)(C)c3ccccc3N4c3ccccc3)ccc2-c2ccc(N(c3ccccc3)c3ccc4ccccc4c3)cc21. The van der Waals surface area contributed by atoms with Gasteiger partial charge in [0, 0.05) is 33.6 Å². The zero-order valence-corrected chi connectivity index (χ0v) is 32.4. The van der Waals surface area contributed by atoms with Crippen molar-refractivity contribution < 1.29 is 0 Å². The molecule has 0 aromatic heterocycles. The largest absolute Gasteiger partial charge is 0.310 e. The van der Waals surface area contributed by atoms with E-state index in [1.165, 1.54) is 72.3 Å². The first-order valence-corrected chi connectivity index (χ1v) is 19.7. The highest BCUT2D eigenvalue weighted by Gasteiger charge is 2.38. The number of nitrogens with zero attached hydrogens (tertiary/aromatic N) is 2. The third-order valence-corrected chi connectivity index (χ3v) is 12.2. The average Bonchev–Trinajstić information content (AvgIpc) is 3.46. The molecule has 1 aliphatic carbocycles. The quantitative estimate of drug-likeness (QED) is 0.158. The zero-order chi connectivity index (χ0) is 38.0. The van der Waals surface area contributed by atoms with Gasteiger partial charge in [0.2, 0.25) is 0 Å². The van der Waals surface area contributed by atoms with Crippen molar-refractivity contribution >= 4 is 57.0 Å². The van der Waals surface area contributed by atoms with Crippen LogP contribution < -0.4 is 9.80 Å². The van der Waals surface area contributed by atoms with Crippen LogP contribution in [0.1, 0.15) is 61.1 Å². The molecule has 56 heavy (non-hydrogen) atoms. The molecule has 0 amide bonds. The normalized spacial score (nSPS) is 14.6. The molecule has 1 heterocycles. The summed E-state index contributed by atoms with van der Waals surface area (Å²) >= 11 is 0. The van der Waals surface area contributed by atoms with Crippen molar-refractivity contribution in [3.63, 3.8) is 0 Å². The molecule has 0 fully saturated rings. The molecule has 8 aromatic rings. The molecule has 0 saturated carbocycles. The highest BCUT2D eigenvalue weighted by Crippen LogP contribution is 2.53. The summed E-state index contributed by atoms with van der Waals surface area (Å²) in [6.07, 6.45) is 4.56. The van der Waals surface area contributed by atoms with E-state index in [2.05, 4.69) is 232 Å². The minimum Gasteiger partial charge on any atom is -0.310 e. The second-order valence-corrected chi connectivity index (χ2v) is 16.3. The molecule has 8 aromatic carbocycles. The number of benzene rings is 8. The van der Waals surface area contributed by atoms with Gasteiger partial charge in [0.15, 0.2) is 0 Å². The van der Waals surface area contributed by atoms with Crippen LogP contribution in [0.25, 0.3) is 34.1 Å². The minimum absolute atomic E-state index is 0.145. The first-order chi connectivity index (χ1) is 27.3. The second kappa shape index (κ2) is 13.0. The Morgan fingerprint density at radius 2 is 0.929 bits per heavy atom. The van der Waals surface area contributed by atoms with Gasteiger partial charge in [-0.2, -0.15) is 0 Å². The lowest BCUT2D eigenvalue weighted by Gasteiger charge is -2.42. The lowest BCUT2D eigenvalue weighted by molar-refractivity contribution is 0.631. The number of para-hydroxylation sites is 3. The highest BCUT2D eigenvalue weighted by molar-refractivity contribution is 5.92. The van der Waals surface area contributed by atoms with E-state index in [0.717, 1.165) is 17.1 Å². The summed E-state index contributed by atoms with van der Waals surface area (Å²) in [5.41, 5.74) is 17.2. The summed E-state index contributed by atoms with van der Waals surface area (Å²) in [5.74, 6) is 0. The number of hydrogen-bond donors (Lipinski definition) is 0. The Bertz CT molecular complexity index is 2810. The van der Waals surface area contributed by atoms with Gasteiger partial charge in [0.05, 0.1) is 11.4 Å². The van der Waals surface area contributed by atoms with Gasteiger partial charge < -0.3 is 9.80 Å². The van der Waals surface area contributed by atoms with E-state index in [4.69, 9.17) is 0 Å². The Hall–Kier alpha value is -6.64. The predicted octanol–water partition coefficient (Wildman–Crippen LogP) is 14.9. The summed E-state index contributed by atoms with van der Waals surface area (Å²) < 4.78 is 0. The van der Waals surface area contributed by atoms with Gasteiger partial charge in [0.1, 0.15) is 0 Å². The summed E-state index contributed by atoms with van der Waals surface area (Å²) in [7, 11) is 0. The van der Waals surface area contributed by atoms with Crippen LogP contribution in [0.3, 0.4) is 0 Å². The molecule has 2 nitrogen and oxygen atoms in total. The topological polar surface area (TPSA) is 6.48 Å². The molecule has 0 saturated heterocycles. The molecule has 0 spiro atoms. The molecule has 2 aliphatic rings. The van der Waals surface area contributed by atoms with E-state index < -0.39 is 0 Å². The van der Waals surface area contributed by atoms with Crippen LogP contribution in [0.15, 0.2) is 182 Å². The fourth-order valence-electron chi connectivity index (χ4n) is 9.20. The van der Waals surface area contributed by atoms with E-state index in [1.807, 2.05) is 0 Å². The Kier molecular flexibility index (Phi) is 7.87. The third kappa shape index (κ3) is 5.47. The van der Waals surface area contributed by atoms with Crippen LogP contribution in [0.2, 0.25) is 0 Å². The number of hydrogen-bond acceptors (Lipinski definition) is 2. The summed E-state index contributed by atoms with van der Waals surface area (Å²) in [6.45, 7) is 9.46. The fraction of sp³-hybridized carbons (Fsp3) is 0.111. The predicted molar refractivity (Wildman–Crippen MR) is 238 cm³/mol. The van der Waals surface area contributed by atoms with Crippen LogP contribution in [0, 0.1) is 0 Å². The zero-order valence-electron chi connectivity index (χ0n) is 32.4. The van der Waals surface area contributed by atoms with E-state index >= 15 is 0 Å². The van der Waals surface area contributed by atoms with Crippen molar-refractivity contribution in [3.8, 4) is 11.1 Å². The highest BCUT2D eigenvalue weighted by atomic mass is 15.2. The van der Waals surface area contributed by atoms with Crippen LogP contribution in [0.5, 0.6) is 0 Å². The minimum atomic E-state index is -0.166. The fourth-order valence-corrected chi connectivity index (χ4v) is 9.20. The van der Waals surface area contributed by atoms with Crippen LogP contribution in [0.4, 0.5) is 34.1 Å². The van der Waals surface area contributed by atoms with Gasteiger partial charge >= 0.3 is 0 Å². The van der Waals surface area contributed by atoms with E-state index in [1.54, 1.807) is 0 Å². The third-order valence-electron chi connectivity index (χ3n) is 12.2. The van der Waals surface area contributed by atoms with Crippen LogP contribution in [-0.4, -0.2) is 0 Å². The maximum atomic E-state index is 2.42. The van der Waals surface area contributed by atoms with Gasteiger partial charge in [-0.05, 0) is 122 Å². The maximum absolute atomic E-state index is 2.42. The molecule has 0 N–H and O–H groups in total. The second-order valence-electron chi connectivity index (χ2n) is 16.3. The molecule has 0 bridgehead atoms. The first-order valence-electron chi connectivity index (χ1n) is 19.7. The summed E-state index contributed by atoms with van der Waals surface area (Å²) in [5, 5.41) is 2.48. The van der Waals surface area contributed by atoms with Gasteiger partial charge in [-0.1, -0.05) is 155 Å². The van der Waals surface area contributed by atoms with Gasteiger partial charge in [-0.3, -0.25) is 0 Å². The van der Waals surface area contributed by atoms with Crippen molar-refractivity contribution in [2.24, 2.45) is 0 Å². The smallest absolute Gasteiger partial charge is 0.0503 e. The van der Waals surface area contributed by atoms with Gasteiger partial charge in [-0.25, -0.2) is 0 Å². The standard InChI is InChI=1S/C54H44N2/c1-53(2)47-21-13-14-22-51(47)56(42-19-9-6-10-20-42)52-32-26-38(34-50(52)53)24-23-37-25-30-45-46-31-29-44(36-49(46)54(3,4)48(45)33-37)55(41-17-7-5-8-18-41)43-28-27-39-15-11-12-16-40(39)35-43/h5-36H,1-4H3/b24-23+. The van der Waals surface area contributed by atoms with Crippen LogP contribution in [-0.2, 0) is 10.8 Å². The Morgan fingerprint density at radius 3 is 1.70 bits per heavy atom. The summed E-state index contributed by atoms with van der Waals surface area (Å²) in [6, 6.07) is 66.6.